The number of piperidine rings is 1. The summed E-state index contributed by atoms with van der Waals surface area (Å²) in [5, 5.41) is 2.75. The summed E-state index contributed by atoms with van der Waals surface area (Å²) < 4.78 is 32.8. The summed E-state index contributed by atoms with van der Waals surface area (Å²) in [6.45, 7) is 5.40. The molecule has 3 rings (SSSR count). The van der Waals surface area contributed by atoms with E-state index in [9.17, 15) is 18.0 Å². The fourth-order valence-electron chi connectivity index (χ4n) is 5.11. The Bertz CT molecular complexity index is 718. The SMILES string of the molecule is CC(C)[C@H]1CC[C@@H](OC[C@H]2[C@@H](NS(C)(=O)=O)CCCN2C(=O)[C@@H]2CCC(=O)N2)CC1. The van der Waals surface area contributed by atoms with Crippen molar-refractivity contribution in [2.75, 3.05) is 19.4 Å². The molecule has 9 heteroatoms. The van der Waals surface area contributed by atoms with Crippen molar-refractivity contribution in [1.29, 1.82) is 0 Å². The van der Waals surface area contributed by atoms with Crippen LogP contribution in [0.2, 0.25) is 0 Å². The lowest BCUT2D eigenvalue weighted by Gasteiger charge is -2.43. The minimum atomic E-state index is -3.41. The van der Waals surface area contributed by atoms with Crippen molar-refractivity contribution in [2.45, 2.75) is 89.4 Å². The van der Waals surface area contributed by atoms with E-state index in [2.05, 4.69) is 23.9 Å². The van der Waals surface area contributed by atoms with Crippen LogP contribution in [0.25, 0.3) is 0 Å². The molecular formula is C21H37N3O5S. The second-order valence-corrected chi connectivity index (χ2v) is 11.3. The van der Waals surface area contributed by atoms with E-state index in [0.29, 0.717) is 38.3 Å². The molecule has 2 heterocycles. The van der Waals surface area contributed by atoms with Gasteiger partial charge in [-0.05, 0) is 56.8 Å². The summed E-state index contributed by atoms with van der Waals surface area (Å²) in [6.07, 6.45) is 7.85. The van der Waals surface area contributed by atoms with E-state index in [4.69, 9.17) is 4.74 Å². The zero-order valence-corrected chi connectivity index (χ0v) is 19.2. The third-order valence-electron chi connectivity index (χ3n) is 6.89. The van der Waals surface area contributed by atoms with Gasteiger partial charge in [0, 0.05) is 19.0 Å². The Labute approximate surface area is 180 Å². The Hall–Kier alpha value is -1.19. The van der Waals surface area contributed by atoms with Gasteiger partial charge in [-0.15, -0.1) is 0 Å². The molecule has 2 aliphatic heterocycles. The van der Waals surface area contributed by atoms with E-state index in [0.717, 1.165) is 44.3 Å². The molecule has 2 saturated heterocycles. The van der Waals surface area contributed by atoms with Crippen molar-refractivity contribution in [3.63, 3.8) is 0 Å². The number of rotatable bonds is 7. The number of nitrogens with one attached hydrogen (secondary N) is 2. The van der Waals surface area contributed by atoms with Crippen LogP contribution in [0.3, 0.4) is 0 Å². The molecular weight excluding hydrogens is 406 g/mol. The molecule has 3 atom stereocenters. The van der Waals surface area contributed by atoms with Gasteiger partial charge in [0.2, 0.25) is 21.8 Å². The standard InChI is InChI=1S/C21H37N3O5S/c1-14(2)15-6-8-16(9-7-15)29-13-19-17(23-30(3,27)28)5-4-12-24(19)21(26)18-10-11-20(25)22-18/h14-19,23H,4-13H2,1-3H3,(H,22,25)/t15-,16+,17-,18-,19-/m0/s1. The van der Waals surface area contributed by atoms with E-state index in [1.165, 1.54) is 0 Å². The van der Waals surface area contributed by atoms with Gasteiger partial charge in [-0.25, -0.2) is 13.1 Å². The molecule has 0 unspecified atom stereocenters. The van der Waals surface area contributed by atoms with Crippen molar-refractivity contribution < 1.29 is 22.7 Å². The topological polar surface area (TPSA) is 105 Å². The zero-order valence-electron chi connectivity index (χ0n) is 18.4. The van der Waals surface area contributed by atoms with Crippen LogP contribution in [0.1, 0.15) is 65.2 Å². The summed E-state index contributed by atoms with van der Waals surface area (Å²) in [5.41, 5.74) is 0. The number of hydrogen-bond acceptors (Lipinski definition) is 5. The van der Waals surface area contributed by atoms with Gasteiger partial charge in [0.25, 0.3) is 0 Å². The molecule has 1 saturated carbocycles. The summed E-state index contributed by atoms with van der Waals surface area (Å²) >= 11 is 0. The Morgan fingerprint density at radius 3 is 2.47 bits per heavy atom. The van der Waals surface area contributed by atoms with E-state index in [1.807, 2.05) is 0 Å². The number of amides is 2. The normalized spacial score (nSPS) is 33.0. The number of hydrogen-bond donors (Lipinski definition) is 2. The molecule has 3 aliphatic rings. The van der Waals surface area contributed by atoms with Crippen LogP contribution < -0.4 is 10.0 Å². The summed E-state index contributed by atoms with van der Waals surface area (Å²) in [7, 11) is -3.41. The average molecular weight is 444 g/mol. The van der Waals surface area contributed by atoms with Crippen molar-refractivity contribution >= 4 is 21.8 Å². The summed E-state index contributed by atoms with van der Waals surface area (Å²) in [6, 6.07) is -1.25. The molecule has 1 aliphatic carbocycles. The number of ether oxygens (including phenoxy) is 1. The van der Waals surface area contributed by atoms with Crippen LogP contribution >= 0.6 is 0 Å². The summed E-state index contributed by atoms with van der Waals surface area (Å²) in [5.74, 6) is 1.19. The smallest absolute Gasteiger partial charge is 0.245 e. The molecule has 0 bridgehead atoms. The first-order valence-corrected chi connectivity index (χ1v) is 13.2. The lowest BCUT2D eigenvalue weighted by Crippen LogP contribution is -2.61. The Kier molecular flexibility index (Phi) is 7.79. The van der Waals surface area contributed by atoms with E-state index in [1.54, 1.807) is 4.90 Å². The monoisotopic (exact) mass is 443 g/mol. The van der Waals surface area contributed by atoms with Gasteiger partial charge in [0.05, 0.1) is 25.0 Å². The maximum Gasteiger partial charge on any atom is 0.245 e. The summed E-state index contributed by atoms with van der Waals surface area (Å²) in [4.78, 5) is 26.4. The fraction of sp³-hybridized carbons (Fsp3) is 0.905. The second-order valence-electron chi connectivity index (χ2n) is 9.51. The quantitative estimate of drug-likeness (QED) is 0.619. The minimum absolute atomic E-state index is 0.106. The predicted octanol–water partition coefficient (Wildman–Crippen LogP) is 1.41. The van der Waals surface area contributed by atoms with Crippen LogP contribution in [0, 0.1) is 11.8 Å². The van der Waals surface area contributed by atoms with E-state index < -0.39 is 16.1 Å². The number of carbonyl (C=O) groups excluding carboxylic acids is 2. The Balaban J connectivity index is 1.66. The highest BCUT2D eigenvalue weighted by Crippen LogP contribution is 2.32. The van der Waals surface area contributed by atoms with Gasteiger partial charge < -0.3 is 15.0 Å². The molecule has 0 aromatic heterocycles. The zero-order chi connectivity index (χ0) is 21.9. The first-order valence-electron chi connectivity index (χ1n) is 11.3. The van der Waals surface area contributed by atoms with Crippen LogP contribution in [-0.2, 0) is 24.3 Å². The van der Waals surface area contributed by atoms with Gasteiger partial charge in [-0.1, -0.05) is 13.8 Å². The first kappa shape index (κ1) is 23.5. The molecule has 0 spiro atoms. The van der Waals surface area contributed by atoms with Crippen molar-refractivity contribution in [1.82, 2.24) is 14.9 Å². The van der Waals surface area contributed by atoms with Crippen molar-refractivity contribution in [2.24, 2.45) is 11.8 Å². The molecule has 2 amide bonds. The predicted molar refractivity (Wildman–Crippen MR) is 114 cm³/mol. The average Bonchev–Trinajstić information content (AvgIpc) is 3.11. The van der Waals surface area contributed by atoms with Gasteiger partial charge in [0.15, 0.2) is 0 Å². The molecule has 2 N–H and O–H groups in total. The van der Waals surface area contributed by atoms with Gasteiger partial charge in [-0.3, -0.25) is 9.59 Å². The molecule has 3 fully saturated rings. The van der Waals surface area contributed by atoms with E-state index >= 15 is 0 Å². The van der Waals surface area contributed by atoms with Crippen molar-refractivity contribution in [3.05, 3.63) is 0 Å². The molecule has 0 radical (unpaired) electrons. The first-order chi connectivity index (χ1) is 14.1. The van der Waals surface area contributed by atoms with Gasteiger partial charge in [0.1, 0.15) is 6.04 Å². The fourth-order valence-corrected chi connectivity index (χ4v) is 5.93. The number of sulfonamides is 1. The molecule has 0 aromatic rings. The molecule has 0 aromatic carbocycles. The highest BCUT2D eigenvalue weighted by Gasteiger charge is 2.40. The lowest BCUT2D eigenvalue weighted by atomic mass is 9.80. The van der Waals surface area contributed by atoms with Crippen LogP contribution in [0.15, 0.2) is 0 Å². The largest absolute Gasteiger partial charge is 0.376 e. The number of nitrogens with zero attached hydrogens (tertiary/aromatic N) is 1. The van der Waals surface area contributed by atoms with Gasteiger partial charge in [-0.2, -0.15) is 0 Å². The number of carbonyl (C=O) groups is 2. The highest BCUT2D eigenvalue weighted by atomic mass is 32.2. The van der Waals surface area contributed by atoms with Crippen LogP contribution in [-0.4, -0.2) is 68.8 Å². The van der Waals surface area contributed by atoms with Crippen LogP contribution in [0.4, 0.5) is 0 Å². The third-order valence-corrected chi connectivity index (χ3v) is 7.62. The minimum Gasteiger partial charge on any atom is -0.376 e. The van der Waals surface area contributed by atoms with E-state index in [-0.39, 0.29) is 30.0 Å². The Morgan fingerprint density at radius 1 is 1.20 bits per heavy atom. The maximum absolute atomic E-state index is 13.1. The third kappa shape index (κ3) is 6.17. The van der Waals surface area contributed by atoms with Crippen molar-refractivity contribution in [3.8, 4) is 0 Å². The second kappa shape index (κ2) is 9.96. The molecule has 30 heavy (non-hydrogen) atoms. The van der Waals surface area contributed by atoms with Gasteiger partial charge >= 0.3 is 0 Å². The molecule has 8 nitrogen and oxygen atoms in total. The molecule has 172 valence electrons. The maximum atomic E-state index is 13.1. The lowest BCUT2D eigenvalue weighted by molar-refractivity contribution is -0.141. The Morgan fingerprint density at radius 2 is 1.90 bits per heavy atom. The highest BCUT2D eigenvalue weighted by molar-refractivity contribution is 7.88. The number of likely N-dealkylation sites (tertiary alicyclic amines) is 1. The van der Waals surface area contributed by atoms with Crippen LogP contribution in [0.5, 0.6) is 0 Å².